The summed E-state index contributed by atoms with van der Waals surface area (Å²) in [6, 6.07) is 8.06. The molecule has 16 nitrogen and oxygen atoms in total. The smallest absolute Gasteiger partial charge is 0.425 e. The summed E-state index contributed by atoms with van der Waals surface area (Å²) in [4.78, 5) is 66.1. The van der Waals surface area contributed by atoms with Gasteiger partial charge < -0.3 is 44.0 Å². The van der Waals surface area contributed by atoms with E-state index in [1.807, 2.05) is 56.3 Å². The summed E-state index contributed by atoms with van der Waals surface area (Å²) in [6.07, 6.45) is -1.31. The van der Waals surface area contributed by atoms with Gasteiger partial charge in [-0.1, -0.05) is 51.1 Å². The summed E-state index contributed by atoms with van der Waals surface area (Å²) >= 11 is 0. The first-order chi connectivity index (χ1) is 27.8. The Hall–Kier alpha value is -3.93. The second-order valence-corrected chi connectivity index (χ2v) is 17.3. The average molecular weight is 827 g/mol. The van der Waals surface area contributed by atoms with Crippen molar-refractivity contribution in [3.63, 3.8) is 0 Å². The first-order valence-corrected chi connectivity index (χ1v) is 20.9. The van der Waals surface area contributed by atoms with Crippen molar-refractivity contribution in [2.45, 2.75) is 148 Å². The molecule has 328 valence electrons. The number of aromatic amines is 1. The number of aromatic nitrogens is 2. The van der Waals surface area contributed by atoms with E-state index in [2.05, 4.69) is 20.7 Å². The molecule has 2 amide bonds. The lowest BCUT2D eigenvalue weighted by Gasteiger charge is -2.46. The molecule has 1 aromatic carbocycles. The fraction of sp³-hybridized carbons (Fsp3) is 0.698. The predicted octanol–water partition coefficient (Wildman–Crippen LogP) is 4.02. The lowest BCUT2D eigenvalue weighted by atomic mass is 9.78. The molecule has 16 heteroatoms. The van der Waals surface area contributed by atoms with Crippen LogP contribution in [0.15, 0.2) is 36.5 Å². The number of carbonyl (C=O) groups is 4. The SMILES string of the molecule is CC[C@@H]1OC(=O)[C@H](C)C(=O)[C@H](C)[C@H](O[C@@H]2O[C@H](C)C[C@H](N(C)C)[C@H]2O)[C@@](C)(OC)C[C@@H](C)C(=O)NC(C)[C@H]2N(NCCCc3ncc(-c4ccccc4)[nH]3)C(=O)O[C@]12C. The van der Waals surface area contributed by atoms with Crippen molar-refractivity contribution in [3.8, 4) is 11.3 Å². The van der Waals surface area contributed by atoms with Gasteiger partial charge in [-0.15, -0.1) is 0 Å². The van der Waals surface area contributed by atoms with Crippen LogP contribution in [-0.4, -0.2) is 137 Å². The number of imidazole rings is 1. The van der Waals surface area contributed by atoms with E-state index in [1.165, 1.54) is 19.0 Å². The molecule has 1 unspecified atom stereocenters. The van der Waals surface area contributed by atoms with E-state index >= 15 is 0 Å². The van der Waals surface area contributed by atoms with Crippen LogP contribution in [0.25, 0.3) is 11.3 Å². The second kappa shape index (κ2) is 19.2. The third-order valence-electron chi connectivity index (χ3n) is 12.5. The number of nitrogens with one attached hydrogen (secondary N) is 3. The zero-order chi connectivity index (χ0) is 43.4. The number of hydrogen-bond donors (Lipinski definition) is 4. The Morgan fingerprint density at radius 2 is 1.76 bits per heavy atom. The van der Waals surface area contributed by atoms with Crippen LogP contribution < -0.4 is 10.7 Å². The predicted molar refractivity (Wildman–Crippen MR) is 218 cm³/mol. The number of aliphatic hydroxyl groups excluding tert-OH is 1. The highest BCUT2D eigenvalue weighted by molar-refractivity contribution is 6.00. The number of aliphatic hydroxyl groups is 1. The van der Waals surface area contributed by atoms with Crippen LogP contribution in [0, 0.1) is 17.8 Å². The highest BCUT2D eigenvalue weighted by Gasteiger charge is 2.59. The minimum absolute atomic E-state index is 0.0916. The van der Waals surface area contributed by atoms with Gasteiger partial charge in [0, 0.05) is 38.0 Å². The van der Waals surface area contributed by atoms with E-state index in [0.29, 0.717) is 25.8 Å². The molecule has 3 fully saturated rings. The molecule has 59 heavy (non-hydrogen) atoms. The standard InChI is InChI=1S/C43H66N6O10/c1-12-32-43(8)36(49(41(54)59-43)45-20-16-19-33-44-23-30(47-33)29-17-14-13-15-18-29)28(6)46-38(52)24(2)22-42(7,55-11)37(26(4)34(50)27(5)39(53)57-32)58-40-35(51)31(48(9)10)21-25(3)56-40/h13-15,17-18,23-28,31-32,35-37,40,45,51H,12,16,19-22H2,1-11H3,(H,44,47)(H,46,52)/t24-,25-,26+,27-,28?,31+,32+,35-,36-,37+,40+,42+,43-/m1/s1. The van der Waals surface area contributed by atoms with Crippen LogP contribution in [0.5, 0.6) is 0 Å². The Labute approximate surface area is 348 Å². The van der Waals surface area contributed by atoms with E-state index in [1.54, 1.807) is 47.7 Å². The third-order valence-corrected chi connectivity index (χ3v) is 12.5. The van der Waals surface area contributed by atoms with Crippen LogP contribution in [0.4, 0.5) is 4.79 Å². The minimum Gasteiger partial charge on any atom is -0.457 e. The van der Waals surface area contributed by atoms with Crippen molar-refractivity contribution < 1.29 is 48.0 Å². The van der Waals surface area contributed by atoms with E-state index in [-0.39, 0.29) is 30.9 Å². The van der Waals surface area contributed by atoms with Crippen molar-refractivity contribution in [2.24, 2.45) is 17.8 Å². The number of cyclic esters (lactones) is 1. The number of hydrogen-bond acceptors (Lipinski definition) is 13. The van der Waals surface area contributed by atoms with Gasteiger partial charge in [0.2, 0.25) is 5.91 Å². The molecule has 3 aliphatic heterocycles. The summed E-state index contributed by atoms with van der Waals surface area (Å²) in [6.45, 7) is 14.2. The molecule has 4 N–H and O–H groups in total. The quantitative estimate of drug-likeness (QED) is 0.144. The Bertz CT molecular complexity index is 1760. The molecular formula is C43H66N6O10. The number of ether oxygens (including phenoxy) is 5. The van der Waals surface area contributed by atoms with Gasteiger partial charge in [0.1, 0.15) is 30.0 Å². The molecule has 13 atom stereocenters. The minimum atomic E-state index is -1.44. The first-order valence-electron chi connectivity index (χ1n) is 20.9. The normalized spacial score (nSPS) is 36.4. The largest absolute Gasteiger partial charge is 0.457 e. The molecule has 3 saturated heterocycles. The molecule has 0 aliphatic carbocycles. The monoisotopic (exact) mass is 826 g/mol. The van der Waals surface area contributed by atoms with Crippen LogP contribution in [0.3, 0.4) is 0 Å². The number of H-pyrrole nitrogens is 1. The second-order valence-electron chi connectivity index (χ2n) is 17.3. The molecule has 1 aromatic heterocycles. The molecular weight excluding hydrogens is 761 g/mol. The summed E-state index contributed by atoms with van der Waals surface area (Å²) < 4.78 is 31.1. The van der Waals surface area contributed by atoms with Gasteiger partial charge in [-0.25, -0.2) is 20.2 Å². The Balaban J connectivity index is 1.41. The molecule has 0 saturated carbocycles. The molecule has 5 rings (SSSR count). The maximum absolute atomic E-state index is 14.4. The number of likely N-dealkylation sites (N-methyl/N-ethyl adjacent to an activating group) is 1. The van der Waals surface area contributed by atoms with Crippen molar-refractivity contribution in [1.82, 2.24) is 30.6 Å². The fourth-order valence-electron chi connectivity index (χ4n) is 9.08. The number of ketones is 1. The number of rotatable bonds is 11. The number of hydrazine groups is 1. The van der Waals surface area contributed by atoms with Crippen LogP contribution >= 0.6 is 0 Å². The number of esters is 1. The van der Waals surface area contributed by atoms with Gasteiger partial charge in [0.05, 0.1) is 35.7 Å². The highest BCUT2D eigenvalue weighted by Crippen LogP contribution is 2.39. The van der Waals surface area contributed by atoms with Crippen LogP contribution in [-0.2, 0) is 44.5 Å². The van der Waals surface area contributed by atoms with E-state index in [4.69, 9.17) is 23.7 Å². The lowest BCUT2D eigenvalue weighted by Crippen LogP contribution is -2.63. The van der Waals surface area contributed by atoms with Gasteiger partial charge in [0.25, 0.3) is 0 Å². The average Bonchev–Trinajstić information content (AvgIpc) is 3.78. The Kier molecular flexibility index (Phi) is 15.0. The van der Waals surface area contributed by atoms with Gasteiger partial charge in [-0.2, -0.15) is 0 Å². The third kappa shape index (κ3) is 10.0. The molecule has 3 aliphatic rings. The van der Waals surface area contributed by atoms with Crippen molar-refractivity contribution in [2.75, 3.05) is 27.7 Å². The van der Waals surface area contributed by atoms with Crippen LogP contribution in [0.2, 0.25) is 0 Å². The van der Waals surface area contributed by atoms with Gasteiger partial charge >= 0.3 is 12.1 Å². The molecule has 4 heterocycles. The van der Waals surface area contributed by atoms with E-state index in [9.17, 15) is 24.3 Å². The first kappa shape index (κ1) is 46.1. The zero-order valence-electron chi connectivity index (χ0n) is 36.5. The van der Waals surface area contributed by atoms with Crippen LogP contribution in [0.1, 0.15) is 86.9 Å². The number of amides is 2. The number of carbonyl (C=O) groups excluding carboxylic acids is 4. The van der Waals surface area contributed by atoms with Crippen molar-refractivity contribution in [1.29, 1.82) is 0 Å². The summed E-state index contributed by atoms with van der Waals surface area (Å²) in [5.41, 5.74) is 2.44. The number of methoxy groups -OCH3 is 1. The molecule has 0 spiro atoms. The van der Waals surface area contributed by atoms with Gasteiger partial charge in [0.15, 0.2) is 17.7 Å². The van der Waals surface area contributed by atoms with Crippen molar-refractivity contribution in [3.05, 3.63) is 42.4 Å². The van der Waals surface area contributed by atoms with Gasteiger partial charge in [-0.05, 0) is 80.0 Å². The number of nitrogens with zero attached hydrogens (tertiary/aromatic N) is 3. The number of benzene rings is 1. The maximum Gasteiger partial charge on any atom is 0.425 e. The molecule has 2 aromatic rings. The lowest BCUT2D eigenvalue weighted by molar-refractivity contribution is -0.295. The van der Waals surface area contributed by atoms with E-state index in [0.717, 1.165) is 17.1 Å². The number of fused-ring (bicyclic) bond motifs is 1. The number of aryl methyl sites for hydroxylation is 1. The van der Waals surface area contributed by atoms with Crippen molar-refractivity contribution >= 4 is 23.8 Å². The Morgan fingerprint density at radius 1 is 1.07 bits per heavy atom. The Morgan fingerprint density at radius 3 is 2.41 bits per heavy atom. The molecule has 0 radical (unpaired) electrons. The summed E-state index contributed by atoms with van der Waals surface area (Å²) in [5, 5.41) is 15.9. The zero-order valence-corrected chi connectivity index (χ0v) is 36.5. The summed E-state index contributed by atoms with van der Waals surface area (Å²) in [7, 11) is 5.21. The maximum atomic E-state index is 14.4. The number of Topliss-reactive ketones (excluding diaryl/α,β-unsaturated/α-hetero) is 1. The van der Waals surface area contributed by atoms with Gasteiger partial charge in [-0.3, -0.25) is 14.4 Å². The summed E-state index contributed by atoms with van der Waals surface area (Å²) in [5.74, 6) is -3.75. The molecule has 0 bridgehead atoms. The highest BCUT2D eigenvalue weighted by atomic mass is 16.7. The topological polar surface area (TPSA) is 194 Å². The van der Waals surface area contributed by atoms with E-state index < -0.39 is 83.5 Å². The fourth-order valence-corrected chi connectivity index (χ4v) is 9.08.